The third-order valence-electron chi connectivity index (χ3n) is 3.13. The Morgan fingerprint density at radius 3 is 2.76 bits per heavy atom. The van der Waals surface area contributed by atoms with Crippen molar-refractivity contribution in [2.24, 2.45) is 0 Å². The smallest absolute Gasteiger partial charge is 0.335 e. The summed E-state index contributed by atoms with van der Waals surface area (Å²) in [6.45, 7) is 4.05. The highest BCUT2D eigenvalue weighted by Gasteiger charge is 2.14. The lowest BCUT2D eigenvalue weighted by molar-refractivity contribution is 0.0697. The molecule has 0 fully saturated rings. The summed E-state index contributed by atoms with van der Waals surface area (Å²) >= 11 is 0. The van der Waals surface area contributed by atoms with Gasteiger partial charge in [-0.05, 0) is 25.1 Å². The molecule has 0 atom stereocenters. The summed E-state index contributed by atoms with van der Waals surface area (Å²) in [4.78, 5) is 15.3. The zero-order chi connectivity index (χ0) is 15.6. The Morgan fingerprint density at radius 2 is 2.14 bits per heavy atom. The number of rotatable bonds is 6. The predicted molar refractivity (Wildman–Crippen MR) is 78.9 cm³/mol. The van der Waals surface area contributed by atoms with E-state index in [0.29, 0.717) is 23.4 Å². The molecule has 2 N–H and O–H groups in total. The number of carbonyl (C=O) groups is 1. The highest BCUT2D eigenvalue weighted by molar-refractivity contribution is 7.89. The Bertz CT molecular complexity index is 780. The molecule has 114 valence electrons. The van der Waals surface area contributed by atoms with E-state index < -0.39 is 16.0 Å². The molecule has 1 aromatic heterocycles. The van der Waals surface area contributed by atoms with Crippen molar-refractivity contribution in [3.05, 3.63) is 29.6 Å². The van der Waals surface area contributed by atoms with Gasteiger partial charge in [0.2, 0.25) is 10.0 Å². The van der Waals surface area contributed by atoms with Crippen LogP contribution in [0.4, 0.5) is 0 Å². The molecule has 1 heterocycles. The Labute approximate surface area is 122 Å². The van der Waals surface area contributed by atoms with Gasteiger partial charge in [-0.15, -0.1) is 0 Å². The summed E-state index contributed by atoms with van der Waals surface area (Å²) in [6.07, 6.45) is 0. The molecule has 0 bridgehead atoms. The van der Waals surface area contributed by atoms with E-state index in [2.05, 4.69) is 9.71 Å². The zero-order valence-corrected chi connectivity index (χ0v) is 12.6. The molecule has 2 rings (SSSR count). The largest absolute Gasteiger partial charge is 0.478 e. The van der Waals surface area contributed by atoms with Crippen LogP contribution in [-0.4, -0.2) is 41.3 Å². The third kappa shape index (κ3) is 3.40. The van der Waals surface area contributed by atoms with Gasteiger partial charge in [0.05, 0.1) is 22.3 Å². The maximum absolute atomic E-state index is 11.7. The van der Waals surface area contributed by atoms with Crippen LogP contribution in [0.2, 0.25) is 0 Å². The van der Waals surface area contributed by atoms with Crippen LogP contribution in [0.1, 0.15) is 23.1 Å². The van der Waals surface area contributed by atoms with Crippen LogP contribution in [0.3, 0.4) is 0 Å². The van der Waals surface area contributed by atoms with Crippen molar-refractivity contribution in [3.8, 4) is 0 Å². The van der Waals surface area contributed by atoms with Crippen molar-refractivity contribution in [3.63, 3.8) is 0 Å². The van der Waals surface area contributed by atoms with Crippen molar-refractivity contribution in [1.29, 1.82) is 0 Å². The first-order valence-corrected chi connectivity index (χ1v) is 8.17. The van der Waals surface area contributed by atoms with E-state index >= 15 is 0 Å². The van der Waals surface area contributed by atoms with Gasteiger partial charge in [-0.25, -0.2) is 22.9 Å². The fraction of sp³-hybridized carbons (Fsp3) is 0.385. The summed E-state index contributed by atoms with van der Waals surface area (Å²) < 4.78 is 27.6. The van der Waals surface area contributed by atoms with Crippen molar-refractivity contribution >= 4 is 27.0 Å². The second-order valence-corrected chi connectivity index (χ2v) is 6.56. The number of aryl methyl sites for hydroxylation is 2. The van der Waals surface area contributed by atoms with Gasteiger partial charge in [0.15, 0.2) is 0 Å². The van der Waals surface area contributed by atoms with E-state index in [4.69, 9.17) is 5.11 Å². The Morgan fingerprint density at radius 1 is 1.43 bits per heavy atom. The van der Waals surface area contributed by atoms with Gasteiger partial charge < -0.3 is 9.67 Å². The second kappa shape index (κ2) is 5.82. The molecule has 0 unspecified atom stereocenters. The molecular formula is C13H17N3O4S. The van der Waals surface area contributed by atoms with E-state index in [-0.39, 0.29) is 17.9 Å². The van der Waals surface area contributed by atoms with Gasteiger partial charge in [-0.2, -0.15) is 0 Å². The van der Waals surface area contributed by atoms with Crippen LogP contribution >= 0.6 is 0 Å². The maximum atomic E-state index is 11.7. The standard InChI is InChI=1S/C13H17N3O4S/c1-3-14-21(19,20)7-6-16-9(2)15-11-5-4-10(13(17)18)8-12(11)16/h4-5,8,14H,3,6-7H2,1-2H3,(H,17,18). The predicted octanol–water partition coefficient (Wildman–Crippen LogP) is 0.982. The Hall–Kier alpha value is -1.93. The van der Waals surface area contributed by atoms with Gasteiger partial charge in [0.25, 0.3) is 0 Å². The number of sulfonamides is 1. The normalized spacial score (nSPS) is 11.9. The molecule has 0 amide bonds. The lowest BCUT2D eigenvalue weighted by atomic mass is 10.2. The van der Waals surface area contributed by atoms with Crippen LogP contribution in [0.15, 0.2) is 18.2 Å². The van der Waals surface area contributed by atoms with Gasteiger partial charge >= 0.3 is 5.97 Å². The van der Waals surface area contributed by atoms with Crippen LogP contribution in [0.5, 0.6) is 0 Å². The Kier molecular flexibility index (Phi) is 4.29. The molecule has 0 aliphatic carbocycles. The van der Waals surface area contributed by atoms with Crippen molar-refractivity contribution in [1.82, 2.24) is 14.3 Å². The van der Waals surface area contributed by atoms with E-state index in [1.54, 1.807) is 24.5 Å². The molecule has 0 saturated carbocycles. The minimum Gasteiger partial charge on any atom is -0.478 e. The molecule has 0 aliphatic rings. The molecule has 0 saturated heterocycles. The van der Waals surface area contributed by atoms with Crippen LogP contribution in [0.25, 0.3) is 11.0 Å². The van der Waals surface area contributed by atoms with Crippen molar-refractivity contribution in [2.45, 2.75) is 20.4 Å². The first-order valence-electron chi connectivity index (χ1n) is 6.51. The van der Waals surface area contributed by atoms with E-state index in [0.717, 1.165) is 0 Å². The fourth-order valence-corrected chi connectivity index (χ4v) is 3.17. The number of nitrogens with one attached hydrogen (secondary N) is 1. The topological polar surface area (TPSA) is 101 Å². The average Bonchev–Trinajstić information content (AvgIpc) is 2.71. The highest BCUT2D eigenvalue weighted by Crippen LogP contribution is 2.18. The number of benzene rings is 1. The number of imidazole rings is 1. The quantitative estimate of drug-likeness (QED) is 0.828. The first-order chi connectivity index (χ1) is 9.84. The Balaban J connectivity index is 2.36. The van der Waals surface area contributed by atoms with Crippen LogP contribution in [-0.2, 0) is 16.6 Å². The van der Waals surface area contributed by atoms with Gasteiger partial charge in [0.1, 0.15) is 5.82 Å². The molecule has 8 heteroatoms. The number of aromatic nitrogens is 2. The van der Waals surface area contributed by atoms with Gasteiger partial charge in [-0.3, -0.25) is 0 Å². The summed E-state index contributed by atoms with van der Waals surface area (Å²) in [5, 5.41) is 9.04. The van der Waals surface area contributed by atoms with Gasteiger partial charge in [0, 0.05) is 13.1 Å². The molecule has 21 heavy (non-hydrogen) atoms. The number of carboxylic acids is 1. The van der Waals surface area contributed by atoms with Crippen molar-refractivity contribution < 1.29 is 18.3 Å². The molecule has 0 aliphatic heterocycles. The monoisotopic (exact) mass is 311 g/mol. The highest BCUT2D eigenvalue weighted by atomic mass is 32.2. The summed E-state index contributed by atoms with van der Waals surface area (Å²) in [5.41, 5.74) is 1.43. The molecular weight excluding hydrogens is 294 g/mol. The number of aromatic carboxylic acids is 1. The number of hydrogen-bond donors (Lipinski definition) is 2. The summed E-state index contributed by atoms with van der Waals surface area (Å²) in [5.74, 6) is -0.452. The lowest BCUT2D eigenvalue weighted by Gasteiger charge is -2.08. The molecule has 0 spiro atoms. The van der Waals surface area contributed by atoms with E-state index in [1.165, 1.54) is 12.1 Å². The molecule has 2 aromatic rings. The molecule has 7 nitrogen and oxygen atoms in total. The zero-order valence-electron chi connectivity index (χ0n) is 11.8. The summed E-state index contributed by atoms with van der Waals surface area (Å²) in [7, 11) is -3.33. The number of nitrogens with zero attached hydrogens (tertiary/aromatic N) is 2. The minimum atomic E-state index is -3.33. The van der Waals surface area contributed by atoms with Crippen molar-refractivity contribution in [2.75, 3.05) is 12.3 Å². The fourth-order valence-electron chi connectivity index (χ4n) is 2.16. The third-order valence-corrected chi connectivity index (χ3v) is 4.58. The van der Waals surface area contributed by atoms with Crippen LogP contribution < -0.4 is 4.72 Å². The van der Waals surface area contributed by atoms with Gasteiger partial charge in [-0.1, -0.05) is 6.92 Å². The minimum absolute atomic E-state index is 0.0789. The summed E-state index contributed by atoms with van der Waals surface area (Å²) in [6, 6.07) is 4.62. The molecule has 0 radical (unpaired) electrons. The maximum Gasteiger partial charge on any atom is 0.335 e. The number of carboxylic acid groups (broad SMARTS) is 1. The van der Waals surface area contributed by atoms with E-state index in [1.807, 2.05) is 0 Å². The number of hydrogen-bond acceptors (Lipinski definition) is 4. The average molecular weight is 311 g/mol. The number of fused-ring (bicyclic) bond motifs is 1. The van der Waals surface area contributed by atoms with Crippen LogP contribution in [0, 0.1) is 6.92 Å². The molecule has 1 aromatic carbocycles. The lowest BCUT2D eigenvalue weighted by Crippen LogP contribution is -2.28. The second-order valence-electron chi connectivity index (χ2n) is 4.64. The SMILES string of the molecule is CCNS(=O)(=O)CCn1c(C)nc2ccc(C(=O)O)cc21. The van der Waals surface area contributed by atoms with E-state index in [9.17, 15) is 13.2 Å². The first kappa shape index (κ1) is 15.5.